The molecule has 2 N–H and O–H groups in total. The molecule has 3 atom stereocenters. The molecule has 2 aliphatic carbocycles. The fourth-order valence-corrected chi connectivity index (χ4v) is 6.06. The molecule has 0 amide bonds. The highest BCUT2D eigenvalue weighted by molar-refractivity contribution is 14.0. The van der Waals surface area contributed by atoms with E-state index in [2.05, 4.69) is 15.6 Å². The van der Waals surface area contributed by atoms with Gasteiger partial charge in [0, 0.05) is 43.3 Å². The molecule has 7 heteroatoms. The Balaban J connectivity index is 0.00000225. The summed E-state index contributed by atoms with van der Waals surface area (Å²) in [6, 6.07) is 5.52. The molecule has 0 aromatic heterocycles. The Hall–Kier alpha value is -0.540. The minimum absolute atomic E-state index is 0. The van der Waals surface area contributed by atoms with Gasteiger partial charge in [-0.2, -0.15) is 11.8 Å². The van der Waals surface area contributed by atoms with Gasteiger partial charge in [0.05, 0.1) is 6.10 Å². The number of guanidine groups is 1. The van der Waals surface area contributed by atoms with E-state index in [1.807, 2.05) is 19.4 Å². The van der Waals surface area contributed by atoms with Crippen molar-refractivity contribution in [1.29, 1.82) is 0 Å². The van der Waals surface area contributed by atoms with Crippen molar-refractivity contribution in [2.24, 2.45) is 16.3 Å². The van der Waals surface area contributed by atoms with Crippen molar-refractivity contribution in [3.8, 4) is 0 Å². The highest BCUT2D eigenvalue weighted by atomic mass is 127. The number of nitrogens with zero attached hydrogens (tertiary/aromatic N) is 1. The molecule has 28 heavy (non-hydrogen) atoms. The monoisotopic (exact) mass is 519 g/mol. The third kappa shape index (κ3) is 4.03. The quantitative estimate of drug-likeness (QED) is 0.346. The first kappa shape index (κ1) is 22.2. The van der Waals surface area contributed by atoms with Crippen LogP contribution in [0.25, 0.3) is 0 Å². The first-order valence-electron chi connectivity index (χ1n) is 10.0. The molecule has 2 saturated carbocycles. The van der Waals surface area contributed by atoms with Crippen LogP contribution in [0.1, 0.15) is 43.2 Å². The molecular formula is C21H31FIN3OS. The van der Waals surface area contributed by atoms with Crippen molar-refractivity contribution >= 4 is 41.7 Å². The van der Waals surface area contributed by atoms with Crippen molar-refractivity contribution in [1.82, 2.24) is 10.6 Å². The fourth-order valence-electron chi connectivity index (χ4n) is 5.48. The summed E-state index contributed by atoms with van der Waals surface area (Å²) in [7, 11) is 1.82. The van der Waals surface area contributed by atoms with E-state index in [0.29, 0.717) is 30.0 Å². The number of hydrogen-bond acceptors (Lipinski definition) is 3. The predicted molar refractivity (Wildman–Crippen MR) is 125 cm³/mol. The molecule has 4 nitrogen and oxygen atoms in total. The maximum absolute atomic E-state index is 13.6. The van der Waals surface area contributed by atoms with Crippen LogP contribution in [0.3, 0.4) is 0 Å². The lowest BCUT2D eigenvalue weighted by Crippen LogP contribution is -2.69. The topological polar surface area (TPSA) is 45.7 Å². The standard InChI is InChI=1S/C21H30FN3OS.HI/c1-23-20(24-12-14-5-6-16(22)11-15(14)13-27-2)25-18-17-7-10-26-19(17)21(18)8-3-4-9-21;/h5-6,11,17-19H,3-4,7-10,12-13H2,1-2H3,(H2,23,24,25);1H. The maximum atomic E-state index is 13.6. The number of nitrogens with one attached hydrogen (secondary N) is 2. The zero-order chi connectivity index (χ0) is 18.9. The third-order valence-corrected chi connectivity index (χ3v) is 7.32. The number of fused-ring (bicyclic) bond motifs is 2. The largest absolute Gasteiger partial charge is 0.377 e. The molecule has 0 bridgehead atoms. The summed E-state index contributed by atoms with van der Waals surface area (Å²) < 4.78 is 19.7. The average molecular weight is 519 g/mol. The molecule has 3 aliphatic rings. The summed E-state index contributed by atoms with van der Waals surface area (Å²) in [4.78, 5) is 4.46. The van der Waals surface area contributed by atoms with Gasteiger partial charge in [0.2, 0.25) is 0 Å². The van der Waals surface area contributed by atoms with Crippen LogP contribution in [0.2, 0.25) is 0 Å². The number of thioether (sulfide) groups is 1. The highest BCUT2D eigenvalue weighted by Crippen LogP contribution is 2.60. The van der Waals surface area contributed by atoms with E-state index in [-0.39, 0.29) is 29.8 Å². The third-order valence-electron chi connectivity index (χ3n) is 6.72. The summed E-state index contributed by atoms with van der Waals surface area (Å²) in [6.07, 6.45) is 8.78. The van der Waals surface area contributed by atoms with E-state index >= 15 is 0 Å². The number of halogens is 2. The molecule has 1 aliphatic heterocycles. The van der Waals surface area contributed by atoms with E-state index in [0.717, 1.165) is 35.9 Å². The average Bonchev–Trinajstić information content (AvgIpc) is 3.32. The molecule has 1 spiro atoms. The van der Waals surface area contributed by atoms with Crippen LogP contribution in [0, 0.1) is 17.2 Å². The molecule has 1 aromatic rings. The highest BCUT2D eigenvalue weighted by Gasteiger charge is 2.65. The van der Waals surface area contributed by atoms with Crippen LogP contribution < -0.4 is 10.6 Å². The second kappa shape index (κ2) is 9.51. The lowest BCUT2D eigenvalue weighted by atomic mass is 9.54. The summed E-state index contributed by atoms with van der Waals surface area (Å²) in [5.41, 5.74) is 2.48. The van der Waals surface area contributed by atoms with Crippen LogP contribution in [0.4, 0.5) is 4.39 Å². The van der Waals surface area contributed by atoms with E-state index in [1.54, 1.807) is 17.8 Å². The first-order chi connectivity index (χ1) is 13.2. The van der Waals surface area contributed by atoms with Gasteiger partial charge in [-0.25, -0.2) is 4.39 Å². The summed E-state index contributed by atoms with van der Waals surface area (Å²) in [5, 5.41) is 7.18. The Morgan fingerprint density at radius 1 is 1.32 bits per heavy atom. The summed E-state index contributed by atoms with van der Waals surface area (Å²) in [6.45, 7) is 1.55. The van der Waals surface area contributed by atoms with Gasteiger partial charge in [-0.3, -0.25) is 4.99 Å². The van der Waals surface area contributed by atoms with Gasteiger partial charge in [-0.1, -0.05) is 18.9 Å². The van der Waals surface area contributed by atoms with Gasteiger partial charge in [0.15, 0.2) is 5.96 Å². The van der Waals surface area contributed by atoms with Crippen molar-refractivity contribution in [2.75, 3.05) is 19.9 Å². The minimum Gasteiger partial charge on any atom is -0.377 e. The number of rotatable bonds is 5. The number of aliphatic imine (C=N–C) groups is 1. The predicted octanol–water partition coefficient (Wildman–Crippen LogP) is 4.32. The van der Waals surface area contributed by atoms with Gasteiger partial charge in [-0.05, 0) is 48.8 Å². The minimum atomic E-state index is -0.171. The summed E-state index contributed by atoms with van der Waals surface area (Å²) in [5.74, 6) is 2.10. The molecule has 1 saturated heterocycles. The van der Waals surface area contributed by atoms with Crippen molar-refractivity contribution < 1.29 is 9.13 Å². The number of hydrogen-bond donors (Lipinski definition) is 2. The van der Waals surface area contributed by atoms with Gasteiger partial charge < -0.3 is 15.4 Å². The lowest BCUT2D eigenvalue weighted by Gasteiger charge is -2.57. The molecule has 1 aromatic carbocycles. The summed E-state index contributed by atoms with van der Waals surface area (Å²) >= 11 is 1.71. The molecule has 3 fully saturated rings. The zero-order valence-corrected chi connectivity index (χ0v) is 19.8. The molecule has 4 rings (SSSR count). The molecule has 0 radical (unpaired) electrons. The zero-order valence-electron chi connectivity index (χ0n) is 16.7. The Kier molecular flexibility index (Phi) is 7.53. The van der Waals surface area contributed by atoms with E-state index in [4.69, 9.17) is 4.74 Å². The Morgan fingerprint density at radius 2 is 2.11 bits per heavy atom. The first-order valence-corrected chi connectivity index (χ1v) is 11.4. The van der Waals surface area contributed by atoms with Crippen LogP contribution in [0.5, 0.6) is 0 Å². The van der Waals surface area contributed by atoms with E-state index < -0.39 is 0 Å². The second-order valence-corrected chi connectivity index (χ2v) is 8.94. The van der Waals surface area contributed by atoms with E-state index in [1.165, 1.54) is 31.7 Å². The number of ether oxygens (including phenoxy) is 1. The normalized spacial score (nSPS) is 27.8. The van der Waals surface area contributed by atoms with Crippen LogP contribution in [0.15, 0.2) is 23.2 Å². The number of benzene rings is 1. The van der Waals surface area contributed by atoms with Gasteiger partial charge >= 0.3 is 0 Å². The molecule has 3 unspecified atom stereocenters. The Morgan fingerprint density at radius 3 is 2.82 bits per heavy atom. The van der Waals surface area contributed by atoms with Crippen molar-refractivity contribution in [3.63, 3.8) is 0 Å². The van der Waals surface area contributed by atoms with Gasteiger partial charge in [-0.15, -0.1) is 24.0 Å². The lowest BCUT2D eigenvalue weighted by molar-refractivity contribution is -0.125. The second-order valence-electron chi connectivity index (χ2n) is 8.08. The Labute approximate surface area is 188 Å². The molecule has 1 heterocycles. The smallest absolute Gasteiger partial charge is 0.191 e. The SMILES string of the molecule is CN=C(NCc1ccc(F)cc1CSC)NC1C2CCOC2C12CCCC2.I. The van der Waals surface area contributed by atoms with Crippen molar-refractivity contribution in [3.05, 3.63) is 35.1 Å². The Bertz CT molecular complexity index is 711. The van der Waals surface area contributed by atoms with Crippen molar-refractivity contribution in [2.45, 2.75) is 56.5 Å². The van der Waals surface area contributed by atoms with Gasteiger partial charge in [0.1, 0.15) is 5.82 Å². The van der Waals surface area contributed by atoms with Crippen LogP contribution in [-0.4, -0.2) is 38.0 Å². The molecule has 156 valence electrons. The van der Waals surface area contributed by atoms with Gasteiger partial charge in [0.25, 0.3) is 0 Å². The maximum Gasteiger partial charge on any atom is 0.191 e. The molecular weight excluding hydrogens is 488 g/mol. The van der Waals surface area contributed by atoms with Crippen LogP contribution in [-0.2, 0) is 17.0 Å². The van der Waals surface area contributed by atoms with Crippen LogP contribution >= 0.6 is 35.7 Å². The van der Waals surface area contributed by atoms with E-state index in [9.17, 15) is 4.39 Å². The fraction of sp³-hybridized carbons (Fsp3) is 0.667.